The average Bonchev–Trinajstić information content (AvgIpc) is 2.87. The molecular weight excluding hydrogens is 306 g/mol. The molecule has 0 radical (unpaired) electrons. The van der Waals surface area contributed by atoms with Crippen LogP contribution in [0.15, 0.2) is 42.5 Å². The zero-order chi connectivity index (χ0) is 16.7. The highest BCUT2D eigenvalue weighted by Gasteiger charge is 2.21. The molecule has 0 saturated carbocycles. The third-order valence-electron chi connectivity index (χ3n) is 4.63. The minimum absolute atomic E-state index is 0.210. The summed E-state index contributed by atoms with van der Waals surface area (Å²) in [5, 5.41) is 0.973. The van der Waals surface area contributed by atoms with Crippen molar-refractivity contribution in [2.75, 3.05) is 13.6 Å². The van der Waals surface area contributed by atoms with E-state index in [0.717, 1.165) is 36.0 Å². The Balaban J connectivity index is 1.84. The van der Waals surface area contributed by atoms with E-state index < -0.39 is 0 Å². The fourth-order valence-corrected chi connectivity index (χ4v) is 3.40. The van der Waals surface area contributed by atoms with Gasteiger partial charge in [-0.3, -0.25) is 0 Å². The highest BCUT2D eigenvalue weighted by Crippen LogP contribution is 2.31. The number of hydrogen-bond donors (Lipinski definition) is 0. The van der Waals surface area contributed by atoms with Crippen molar-refractivity contribution in [3.63, 3.8) is 0 Å². The predicted octanol–water partition coefficient (Wildman–Crippen LogP) is 4.54. The number of fused-ring (bicyclic) bond motifs is 3. The summed E-state index contributed by atoms with van der Waals surface area (Å²) in [4.78, 5) is 2.25. The fourth-order valence-electron chi connectivity index (χ4n) is 3.40. The fraction of sp³-hybridized carbons (Fsp3) is 0.200. The van der Waals surface area contributed by atoms with Crippen LogP contribution in [0.3, 0.4) is 0 Å². The molecule has 0 fully saturated rings. The number of likely N-dealkylation sites (N-methyl/N-ethyl adjacent to an activating group) is 1. The molecule has 1 aromatic heterocycles. The predicted molar refractivity (Wildman–Crippen MR) is 93.6 cm³/mol. The Hall–Kier alpha value is -2.46. The van der Waals surface area contributed by atoms with Crippen molar-refractivity contribution in [3.8, 4) is 0 Å². The summed E-state index contributed by atoms with van der Waals surface area (Å²) in [6.07, 6.45) is 4.88. The van der Waals surface area contributed by atoms with Gasteiger partial charge in [-0.1, -0.05) is 12.1 Å². The average molecular weight is 324 g/mol. The molecule has 3 aromatic rings. The Bertz CT molecular complexity index is 923. The Morgan fingerprint density at radius 3 is 2.54 bits per heavy atom. The largest absolute Gasteiger partial charge is 0.320 e. The van der Waals surface area contributed by atoms with E-state index in [1.807, 2.05) is 18.3 Å². The SMILES string of the molecule is CN1CCc2c(c3cc(F)ccc3n2C=Cc2ccc(F)cc2)C1. The molecule has 0 spiro atoms. The van der Waals surface area contributed by atoms with Gasteiger partial charge in [-0.15, -0.1) is 0 Å². The van der Waals surface area contributed by atoms with Gasteiger partial charge in [-0.05, 0) is 54.6 Å². The second kappa shape index (κ2) is 5.87. The van der Waals surface area contributed by atoms with Gasteiger partial charge < -0.3 is 9.47 Å². The third kappa shape index (κ3) is 2.63. The summed E-state index contributed by atoms with van der Waals surface area (Å²) in [6, 6.07) is 11.3. The van der Waals surface area contributed by atoms with Crippen LogP contribution >= 0.6 is 0 Å². The van der Waals surface area contributed by atoms with E-state index in [-0.39, 0.29) is 11.6 Å². The molecule has 0 amide bonds. The van der Waals surface area contributed by atoms with Gasteiger partial charge in [-0.25, -0.2) is 8.78 Å². The molecule has 0 saturated heterocycles. The van der Waals surface area contributed by atoms with Crippen LogP contribution in [0.1, 0.15) is 16.8 Å². The standard InChI is InChI=1S/C20H18F2N2/c1-23-10-9-20-18(13-23)17-12-16(22)6-7-19(17)24(20)11-8-14-2-4-15(21)5-3-14/h2-8,11-12H,9-10,13H2,1H3. The van der Waals surface area contributed by atoms with Crippen molar-refractivity contribution in [1.29, 1.82) is 0 Å². The van der Waals surface area contributed by atoms with E-state index in [9.17, 15) is 8.78 Å². The molecule has 2 aromatic carbocycles. The summed E-state index contributed by atoms with van der Waals surface area (Å²) < 4.78 is 28.9. The Morgan fingerprint density at radius 1 is 1.00 bits per heavy atom. The lowest BCUT2D eigenvalue weighted by Gasteiger charge is -2.23. The smallest absolute Gasteiger partial charge is 0.123 e. The zero-order valence-corrected chi connectivity index (χ0v) is 13.5. The maximum absolute atomic E-state index is 13.7. The molecule has 4 heteroatoms. The normalized spacial score (nSPS) is 15.3. The molecule has 0 aliphatic carbocycles. The van der Waals surface area contributed by atoms with Crippen molar-refractivity contribution >= 4 is 23.2 Å². The molecule has 24 heavy (non-hydrogen) atoms. The maximum atomic E-state index is 13.7. The number of aromatic nitrogens is 1. The number of nitrogens with zero attached hydrogens (tertiary/aromatic N) is 2. The van der Waals surface area contributed by atoms with Gasteiger partial charge in [0.05, 0.1) is 5.52 Å². The van der Waals surface area contributed by atoms with Gasteiger partial charge >= 0.3 is 0 Å². The minimum atomic E-state index is -0.241. The Kier molecular flexibility index (Phi) is 3.69. The Labute approximate surface area is 139 Å². The second-order valence-electron chi connectivity index (χ2n) is 6.31. The van der Waals surface area contributed by atoms with Gasteiger partial charge in [0.2, 0.25) is 0 Å². The molecule has 2 nitrogen and oxygen atoms in total. The summed E-state index contributed by atoms with van der Waals surface area (Å²) in [5.74, 6) is -0.451. The van der Waals surface area contributed by atoms with Gasteiger partial charge in [0.1, 0.15) is 11.6 Å². The molecule has 0 N–H and O–H groups in total. The van der Waals surface area contributed by atoms with Crippen molar-refractivity contribution < 1.29 is 8.78 Å². The van der Waals surface area contributed by atoms with Crippen LogP contribution in [0.2, 0.25) is 0 Å². The van der Waals surface area contributed by atoms with Crippen molar-refractivity contribution in [2.24, 2.45) is 0 Å². The van der Waals surface area contributed by atoms with E-state index >= 15 is 0 Å². The van der Waals surface area contributed by atoms with Crippen molar-refractivity contribution in [2.45, 2.75) is 13.0 Å². The molecule has 122 valence electrons. The van der Waals surface area contributed by atoms with E-state index in [2.05, 4.69) is 16.5 Å². The van der Waals surface area contributed by atoms with E-state index in [0.29, 0.717) is 0 Å². The molecular formula is C20H18F2N2. The lowest BCUT2D eigenvalue weighted by molar-refractivity contribution is 0.312. The monoisotopic (exact) mass is 324 g/mol. The lowest BCUT2D eigenvalue weighted by Crippen LogP contribution is -2.26. The van der Waals surface area contributed by atoms with E-state index in [1.165, 1.54) is 29.5 Å². The highest BCUT2D eigenvalue weighted by molar-refractivity contribution is 5.88. The minimum Gasteiger partial charge on any atom is -0.320 e. The van der Waals surface area contributed by atoms with E-state index in [1.54, 1.807) is 18.2 Å². The van der Waals surface area contributed by atoms with Crippen molar-refractivity contribution in [1.82, 2.24) is 9.47 Å². The summed E-state index contributed by atoms with van der Waals surface area (Å²) >= 11 is 0. The Morgan fingerprint density at radius 2 is 1.75 bits per heavy atom. The van der Waals surface area contributed by atoms with Crippen LogP contribution in [0.25, 0.3) is 23.2 Å². The molecule has 4 rings (SSSR count). The van der Waals surface area contributed by atoms with Crippen LogP contribution in [0.5, 0.6) is 0 Å². The van der Waals surface area contributed by atoms with Crippen molar-refractivity contribution in [3.05, 3.63) is 70.9 Å². The van der Waals surface area contributed by atoms with Gasteiger partial charge in [0, 0.05) is 36.8 Å². The first-order valence-corrected chi connectivity index (χ1v) is 8.05. The first kappa shape index (κ1) is 15.1. The first-order chi connectivity index (χ1) is 11.6. The number of rotatable bonds is 2. The van der Waals surface area contributed by atoms with Crippen LogP contribution in [-0.4, -0.2) is 23.1 Å². The third-order valence-corrected chi connectivity index (χ3v) is 4.63. The van der Waals surface area contributed by atoms with Gasteiger partial charge in [-0.2, -0.15) is 0 Å². The summed E-state index contributed by atoms with van der Waals surface area (Å²) in [5.41, 5.74) is 4.37. The second-order valence-corrected chi connectivity index (χ2v) is 6.31. The van der Waals surface area contributed by atoms with Gasteiger partial charge in [0.15, 0.2) is 0 Å². The van der Waals surface area contributed by atoms with E-state index in [4.69, 9.17) is 0 Å². The molecule has 1 aliphatic rings. The zero-order valence-electron chi connectivity index (χ0n) is 13.5. The van der Waals surface area contributed by atoms with Crippen LogP contribution in [0.4, 0.5) is 8.78 Å². The number of benzene rings is 2. The van der Waals surface area contributed by atoms with Gasteiger partial charge in [0.25, 0.3) is 0 Å². The number of halogens is 2. The topological polar surface area (TPSA) is 8.17 Å². The first-order valence-electron chi connectivity index (χ1n) is 8.05. The van der Waals surface area contributed by atoms with Crippen LogP contribution in [-0.2, 0) is 13.0 Å². The van der Waals surface area contributed by atoms with Crippen LogP contribution < -0.4 is 0 Å². The number of hydrogen-bond acceptors (Lipinski definition) is 1. The molecule has 2 heterocycles. The molecule has 0 bridgehead atoms. The van der Waals surface area contributed by atoms with Crippen LogP contribution in [0, 0.1) is 11.6 Å². The summed E-state index contributed by atoms with van der Waals surface area (Å²) in [6.45, 7) is 1.81. The quantitative estimate of drug-likeness (QED) is 0.672. The lowest BCUT2D eigenvalue weighted by atomic mass is 10.1. The maximum Gasteiger partial charge on any atom is 0.123 e. The molecule has 1 aliphatic heterocycles. The molecule has 0 unspecified atom stereocenters. The summed E-state index contributed by atoms with van der Waals surface area (Å²) in [7, 11) is 2.08. The molecule has 0 atom stereocenters. The highest BCUT2D eigenvalue weighted by atomic mass is 19.1.